The van der Waals surface area contributed by atoms with Crippen molar-refractivity contribution in [1.29, 1.82) is 0 Å². The van der Waals surface area contributed by atoms with Gasteiger partial charge in [0, 0.05) is 11.6 Å². The van der Waals surface area contributed by atoms with Gasteiger partial charge in [0.05, 0.1) is 7.11 Å². The van der Waals surface area contributed by atoms with E-state index in [1.165, 1.54) is 0 Å². The van der Waals surface area contributed by atoms with Gasteiger partial charge in [-0.1, -0.05) is 30.3 Å². The van der Waals surface area contributed by atoms with Gasteiger partial charge < -0.3 is 14.8 Å². The Morgan fingerprint density at radius 3 is 2.45 bits per heavy atom. The van der Waals surface area contributed by atoms with Crippen LogP contribution in [0.1, 0.15) is 29.8 Å². The molecule has 0 saturated heterocycles. The molecule has 0 heterocycles. The molecule has 0 fully saturated rings. The van der Waals surface area contributed by atoms with Crippen molar-refractivity contribution < 1.29 is 14.3 Å². The van der Waals surface area contributed by atoms with Crippen LogP contribution >= 0.6 is 0 Å². The standard InChI is InChI=1S/C18H21NO3/c1-13(2)19-18(20)15-9-10-16(17(11-15)21-3)22-12-14-7-5-4-6-8-14/h4-11,13H,12H2,1-3H3,(H,19,20). The Labute approximate surface area is 131 Å². The van der Waals surface area contributed by atoms with Gasteiger partial charge in [0.15, 0.2) is 11.5 Å². The molecule has 2 aromatic rings. The first kappa shape index (κ1) is 15.9. The molecule has 0 atom stereocenters. The lowest BCUT2D eigenvalue weighted by Crippen LogP contribution is -2.30. The summed E-state index contributed by atoms with van der Waals surface area (Å²) in [6, 6.07) is 15.2. The van der Waals surface area contributed by atoms with Crippen molar-refractivity contribution >= 4 is 5.91 Å². The maximum Gasteiger partial charge on any atom is 0.251 e. The molecular weight excluding hydrogens is 278 g/mol. The molecule has 0 aliphatic rings. The smallest absolute Gasteiger partial charge is 0.251 e. The summed E-state index contributed by atoms with van der Waals surface area (Å²) in [5, 5.41) is 2.85. The third-order valence-corrected chi connectivity index (χ3v) is 3.08. The molecule has 4 heteroatoms. The summed E-state index contributed by atoms with van der Waals surface area (Å²) in [6.07, 6.45) is 0. The van der Waals surface area contributed by atoms with Crippen LogP contribution in [-0.2, 0) is 6.61 Å². The summed E-state index contributed by atoms with van der Waals surface area (Å²) in [5.41, 5.74) is 1.63. The van der Waals surface area contributed by atoms with E-state index in [2.05, 4.69) is 5.32 Å². The quantitative estimate of drug-likeness (QED) is 0.889. The first-order valence-electron chi connectivity index (χ1n) is 7.25. The molecule has 0 radical (unpaired) electrons. The maximum absolute atomic E-state index is 12.0. The lowest BCUT2D eigenvalue weighted by Gasteiger charge is -2.13. The number of hydrogen-bond donors (Lipinski definition) is 1. The summed E-state index contributed by atoms with van der Waals surface area (Å²) >= 11 is 0. The fourth-order valence-corrected chi connectivity index (χ4v) is 2.01. The Balaban J connectivity index is 2.10. The van der Waals surface area contributed by atoms with Crippen molar-refractivity contribution in [2.75, 3.05) is 7.11 Å². The second-order valence-electron chi connectivity index (χ2n) is 5.27. The third kappa shape index (κ3) is 4.25. The van der Waals surface area contributed by atoms with Crippen LogP contribution in [-0.4, -0.2) is 19.1 Å². The number of carbonyl (C=O) groups is 1. The number of amides is 1. The topological polar surface area (TPSA) is 47.6 Å². The Morgan fingerprint density at radius 2 is 1.82 bits per heavy atom. The average molecular weight is 299 g/mol. The van der Waals surface area contributed by atoms with Gasteiger partial charge >= 0.3 is 0 Å². The molecule has 0 saturated carbocycles. The zero-order valence-corrected chi connectivity index (χ0v) is 13.1. The molecule has 0 unspecified atom stereocenters. The number of rotatable bonds is 6. The van der Waals surface area contributed by atoms with Gasteiger partial charge in [-0.15, -0.1) is 0 Å². The molecule has 1 N–H and O–H groups in total. The molecule has 1 amide bonds. The van der Waals surface area contributed by atoms with E-state index in [1.54, 1.807) is 25.3 Å². The molecule has 4 nitrogen and oxygen atoms in total. The highest BCUT2D eigenvalue weighted by molar-refractivity contribution is 5.95. The van der Waals surface area contributed by atoms with Crippen LogP contribution in [0.3, 0.4) is 0 Å². The van der Waals surface area contributed by atoms with Gasteiger partial charge in [0.1, 0.15) is 6.61 Å². The Morgan fingerprint density at radius 1 is 1.09 bits per heavy atom. The molecule has 0 spiro atoms. The minimum Gasteiger partial charge on any atom is -0.493 e. The molecular formula is C18H21NO3. The highest BCUT2D eigenvalue weighted by Crippen LogP contribution is 2.28. The van der Waals surface area contributed by atoms with Gasteiger partial charge in [0.25, 0.3) is 5.91 Å². The molecule has 2 rings (SSSR count). The zero-order chi connectivity index (χ0) is 15.9. The number of ether oxygens (including phenoxy) is 2. The van der Waals surface area contributed by atoms with Crippen LogP contribution in [0, 0.1) is 0 Å². The van der Waals surface area contributed by atoms with Gasteiger partial charge in [0.2, 0.25) is 0 Å². The van der Waals surface area contributed by atoms with E-state index in [-0.39, 0.29) is 11.9 Å². The SMILES string of the molecule is COc1cc(C(=O)NC(C)C)ccc1OCc1ccccc1. The van der Waals surface area contributed by atoms with E-state index in [4.69, 9.17) is 9.47 Å². The van der Waals surface area contributed by atoms with Crippen molar-refractivity contribution in [3.63, 3.8) is 0 Å². The summed E-state index contributed by atoms with van der Waals surface area (Å²) < 4.78 is 11.1. The third-order valence-electron chi connectivity index (χ3n) is 3.08. The van der Waals surface area contributed by atoms with Crippen LogP contribution < -0.4 is 14.8 Å². The molecule has 22 heavy (non-hydrogen) atoms. The number of benzene rings is 2. The highest BCUT2D eigenvalue weighted by Gasteiger charge is 2.12. The van der Waals surface area contributed by atoms with Crippen LogP contribution in [0.25, 0.3) is 0 Å². The Hall–Kier alpha value is -2.49. The van der Waals surface area contributed by atoms with E-state index >= 15 is 0 Å². The summed E-state index contributed by atoms with van der Waals surface area (Å²) in [6.45, 7) is 4.30. The Kier molecular flexibility index (Phi) is 5.42. The van der Waals surface area contributed by atoms with E-state index in [0.29, 0.717) is 23.7 Å². The fraction of sp³-hybridized carbons (Fsp3) is 0.278. The molecule has 0 aliphatic carbocycles. The van der Waals surface area contributed by atoms with Crippen LogP contribution in [0.15, 0.2) is 48.5 Å². The monoisotopic (exact) mass is 299 g/mol. The first-order valence-corrected chi connectivity index (χ1v) is 7.25. The predicted octanol–water partition coefficient (Wildman–Crippen LogP) is 3.41. The van der Waals surface area contributed by atoms with E-state index < -0.39 is 0 Å². The van der Waals surface area contributed by atoms with E-state index in [0.717, 1.165) is 5.56 Å². The minimum absolute atomic E-state index is 0.0903. The largest absolute Gasteiger partial charge is 0.493 e. The zero-order valence-electron chi connectivity index (χ0n) is 13.1. The summed E-state index contributed by atoms with van der Waals surface area (Å²) in [7, 11) is 1.56. The van der Waals surface area contributed by atoms with Crippen molar-refractivity contribution in [2.45, 2.75) is 26.5 Å². The molecule has 0 aliphatic heterocycles. The number of nitrogens with one attached hydrogen (secondary N) is 1. The van der Waals surface area contributed by atoms with E-state index in [9.17, 15) is 4.79 Å². The molecule has 0 bridgehead atoms. The number of methoxy groups -OCH3 is 1. The van der Waals surface area contributed by atoms with Gasteiger partial charge in [-0.25, -0.2) is 0 Å². The Bertz CT molecular complexity index is 623. The van der Waals surface area contributed by atoms with Crippen molar-refractivity contribution in [1.82, 2.24) is 5.32 Å². The van der Waals surface area contributed by atoms with Crippen LogP contribution in [0.2, 0.25) is 0 Å². The number of carbonyl (C=O) groups excluding carboxylic acids is 1. The lowest BCUT2D eigenvalue weighted by molar-refractivity contribution is 0.0942. The number of hydrogen-bond acceptors (Lipinski definition) is 3. The molecule has 2 aromatic carbocycles. The van der Waals surface area contributed by atoms with Gasteiger partial charge in [-0.2, -0.15) is 0 Å². The van der Waals surface area contributed by atoms with Crippen molar-refractivity contribution in [3.8, 4) is 11.5 Å². The predicted molar refractivity (Wildman–Crippen MR) is 86.4 cm³/mol. The summed E-state index contributed by atoms with van der Waals surface area (Å²) in [4.78, 5) is 12.0. The van der Waals surface area contributed by atoms with Gasteiger partial charge in [-0.05, 0) is 37.6 Å². The highest BCUT2D eigenvalue weighted by atomic mass is 16.5. The van der Waals surface area contributed by atoms with Crippen LogP contribution in [0.4, 0.5) is 0 Å². The first-order chi connectivity index (χ1) is 10.6. The van der Waals surface area contributed by atoms with Crippen molar-refractivity contribution in [3.05, 3.63) is 59.7 Å². The summed E-state index contributed by atoms with van der Waals surface area (Å²) in [5.74, 6) is 1.04. The molecule has 116 valence electrons. The van der Waals surface area contributed by atoms with Crippen molar-refractivity contribution in [2.24, 2.45) is 0 Å². The normalized spacial score (nSPS) is 10.4. The second-order valence-corrected chi connectivity index (χ2v) is 5.27. The maximum atomic E-state index is 12.0. The molecule has 0 aromatic heterocycles. The van der Waals surface area contributed by atoms with Crippen LogP contribution in [0.5, 0.6) is 11.5 Å². The lowest BCUT2D eigenvalue weighted by atomic mass is 10.1. The van der Waals surface area contributed by atoms with E-state index in [1.807, 2.05) is 44.2 Å². The average Bonchev–Trinajstić information content (AvgIpc) is 2.53. The van der Waals surface area contributed by atoms with Gasteiger partial charge in [-0.3, -0.25) is 4.79 Å². The fourth-order valence-electron chi connectivity index (χ4n) is 2.01. The minimum atomic E-state index is -0.122. The second kappa shape index (κ2) is 7.50.